The van der Waals surface area contributed by atoms with Crippen LogP contribution in [0.3, 0.4) is 0 Å². The summed E-state index contributed by atoms with van der Waals surface area (Å²) >= 11 is 1.42. The van der Waals surface area contributed by atoms with Crippen LogP contribution in [0.5, 0.6) is 0 Å². The quantitative estimate of drug-likeness (QED) is 0.185. The second kappa shape index (κ2) is 17.0. The molecule has 2 aromatic rings. The van der Waals surface area contributed by atoms with E-state index in [1.165, 1.54) is 22.5 Å². The van der Waals surface area contributed by atoms with Crippen LogP contribution in [0.15, 0.2) is 30.5 Å². The van der Waals surface area contributed by atoms with Crippen molar-refractivity contribution in [3.05, 3.63) is 36.0 Å². The van der Waals surface area contributed by atoms with Gasteiger partial charge in [0.2, 0.25) is 35.9 Å². The molecule has 14 nitrogen and oxygen atoms in total. The number of nitrogens with one attached hydrogen (secondary N) is 5. The number of aromatic nitrogens is 1. The Bertz CT molecular complexity index is 1490. The Labute approximate surface area is 277 Å². The topological polar surface area (TPSA) is 205 Å². The maximum atomic E-state index is 13.9. The Morgan fingerprint density at radius 1 is 0.851 bits per heavy atom. The number of nitrogens with zero attached hydrogens (tertiary/aromatic N) is 1. The molecule has 2 heterocycles. The number of amides is 5. The summed E-state index contributed by atoms with van der Waals surface area (Å²) in [5.41, 5.74) is 1.10. The van der Waals surface area contributed by atoms with Gasteiger partial charge in [-0.2, -0.15) is 11.8 Å². The zero-order valence-electron chi connectivity index (χ0n) is 27.2. The summed E-state index contributed by atoms with van der Waals surface area (Å²) in [6, 6.07) is 0.726. The third-order valence-corrected chi connectivity index (χ3v) is 8.48. The number of fused-ring (bicyclic) bond motifs is 1. The van der Waals surface area contributed by atoms with Gasteiger partial charge in [-0.05, 0) is 48.3 Å². The van der Waals surface area contributed by atoms with Crippen LogP contribution in [-0.4, -0.2) is 93.8 Å². The lowest BCUT2D eigenvalue weighted by atomic mass is 9.98. The minimum Gasteiger partial charge on any atom is -0.481 e. The van der Waals surface area contributed by atoms with Crippen LogP contribution in [0.2, 0.25) is 0 Å². The molecule has 1 fully saturated rings. The predicted molar refractivity (Wildman–Crippen MR) is 177 cm³/mol. The maximum absolute atomic E-state index is 13.9. The maximum Gasteiger partial charge on any atom is 0.305 e. The summed E-state index contributed by atoms with van der Waals surface area (Å²) in [5, 5.41) is 23.4. The highest BCUT2D eigenvalue weighted by Crippen LogP contribution is 2.22. The van der Waals surface area contributed by atoms with Crippen molar-refractivity contribution in [3.8, 4) is 0 Å². The third kappa shape index (κ3) is 10.0. The van der Waals surface area contributed by atoms with Gasteiger partial charge in [0.1, 0.15) is 30.2 Å². The van der Waals surface area contributed by atoms with E-state index in [2.05, 4.69) is 26.6 Å². The minimum absolute atomic E-state index is 0.0595. The van der Waals surface area contributed by atoms with Gasteiger partial charge >= 0.3 is 5.97 Å². The van der Waals surface area contributed by atoms with E-state index in [4.69, 9.17) is 0 Å². The first-order chi connectivity index (χ1) is 22.2. The van der Waals surface area contributed by atoms with Gasteiger partial charge in [0.25, 0.3) is 0 Å². The van der Waals surface area contributed by atoms with E-state index in [0.717, 1.165) is 0 Å². The molecule has 0 radical (unpaired) electrons. The van der Waals surface area contributed by atoms with Gasteiger partial charge in [0.15, 0.2) is 0 Å². The van der Waals surface area contributed by atoms with E-state index in [0.29, 0.717) is 28.6 Å². The highest BCUT2D eigenvalue weighted by molar-refractivity contribution is 7.98. The normalized spacial score (nSPS) is 23.3. The first kappa shape index (κ1) is 37.1. The van der Waals surface area contributed by atoms with Crippen molar-refractivity contribution in [3.63, 3.8) is 0 Å². The van der Waals surface area contributed by atoms with Crippen LogP contribution in [0.4, 0.5) is 0 Å². The molecule has 0 unspecified atom stereocenters. The van der Waals surface area contributed by atoms with Gasteiger partial charge < -0.3 is 31.7 Å². The highest BCUT2D eigenvalue weighted by Gasteiger charge is 2.36. The Morgan fingerprint density at radius 2 is 1.43 bits per heavy atom. The second-order valence-electron chi connectivity index (χ2n) is 12.4. The van der Waals surface area contributed by atoms with Gasteiger partial charge in [-0.15, -0.1) is 0 Å². The molecule has 15 heteroatoms. The molecule has 256 valence electrons. The fraction of sp³-hybridized carbons (Fsp3) is 0.531. The first-order valence-corrected chi connectivity index (χ1v) is 16.9. The minimum atomic E-state index is -1.60. The van der Waals surface area contributed by atoms with E-state index >= 15 is 0 Å². The molecular weight excluding hydrogens is 628 g/mol. The van der Waals surface area contributed by atoms with Crippen molar-refractivity contribution in [2.24, 2.45) is 11.8 Å². The number of hydrogen-bond donors (Lipinski definition) is 6. The lowest BCUT2D eigenvalue weighted by Crippen LogP contribution is -2.59. The summed E-state index contributed by atoms with van der Waals surface area (Å²) in [4.78, 5) is 91.7. The number of carbonyl (C=O) groups is 7. The van der Waals surface area contributed by atoms with E-state index in [1.54, 1.807) is 38.1 Å². The monoisotopic (exact) mass is 672 g/mol. The Kier molecular flexibility index (Phi) is 13.4. The molecule has 1 aliphatic heterocycles. The van der Waals surface area contributed by atoms with Crippen LogP contribution in [-0.2, 0) is 40.0 Å². The van der Waals surface area contributed by atoms with E-state index in [1.807, 2.05) is 20.1 Å². The zero-order valence-corrected chi connectivity index (χ0v) is 28.0. The van der Waals surface area contributed by atoms with Crippen LogP contribution >= 0.6 is 11.8 Å². The molecule has 6 N–H and O–H groups in total. The fourth-order valence-corrected chi connectivity index (χ4v) is 5.89. The van der Waals surface area contributed by atoms with Crippen molar-refractivity contribution in [2.75, 3.05) is 12.0 Å². The SMILES string of the molecule is CSCC[C@@H]1NC(=O)[C@@H](CC(=O)O)NC(=O)[C@@H](Cc2cn(C=O)c3ccccc23)NC(=O)[C@H](CC(C)C)NC(=O)[C@@H](C(C)C)NC1=O. The van der Waals surface area contributed by atoms with E-state index in [9.17, 15) is 38.7 Å². The number of para-hydroxylation sites is 1. The molecule has 5 atom stereocenters. The number of rotatable bonds is 11. The van der Waals surface area contributed by atoms with E-state index in [-0.39, 0.29) is 25.2 Å². The van der Waals surface area contributed by atoms with E-state index < -0.39 is 78.1 Å². The first-order valence-electron chi connectivity index (χ1n) is 15.5. The van der Waals surface area contributed by atoms with Gasteiger partial charge in [0, 0.05) is 18.0 Å². The molecule has 1 saturated heterocycles. The molecule has 1 aromatic carbocycles. The number of carboxylic acids is 1. The molecule has 0 saturated carbocycles. The standard InChI is InChI=1S/C32H44N6O8S/c1-17(2)12-22-29(43)34-23(13-19-15-38(16-39)25-9-7-6-8-20(19)25)30(44)35-24(14-26(40)41)31(45)33-21(10-11-47-5)28(42)37-27(18(3)4)32(46)36-22/h6-9,15-18,21-24,27H,10-14H2,1-5H3,(H,33,45)(H,34,43)(H,35,44)(H,36,46)(H,37,42)(H,40,41)/t21-,22-,23+,24+,27+/m0/s1. The van der Waals surface area contributed by atoms with Crippen LogP contribution in [0.1, 0.15) is 52.5 Å². The Balaban J connectivity index is 2.12. The summed E-state index contributed by atoms with van der Waals surface area (Å²) in [7, 11) is 0. The van der Waals surface area contributed by atoms with Gasteiger partial charge in [-0.1, -0.05) is 45.9 Å². The van der Waals surface area contributed by atoms with Crippen molar-refractivity contribution in [2.45, 2.75) is 83.6 Å². The van der Waals surface area contributed by atoms with Crippen molar-refractivity contribution in [1.82, 2.24) is 31.2 Å². The van der Waals surface area contributed by atoms with Gasteiger partial charge in [-0.25, -0.2) is 0 Å². The number of carboxylic acid groups (broad SMARTS) is 1. The lowest BCUT2D eigenvalue weighted by Gasteiger charge is -2.28. The predicted octanol–water partition coefficient (Wildman–Crippen LogP) is 0.590. The highest BCUT2D eigenvalue weighted by atomic mass is 32.2. The summed E-state index contributed by atoms with van der Waals surface area (Å²) < 4.78 is 1.34. The summed E-state index contributed by atoms with van der Waals surface area (Å²) in [5.74, 6) is -5.13. The van der Waals surface area contributed by atoms with Crippen molar-refractivity contribution in [1.29, 1.82) is 0 Å². The summed E-state index contributed by atoms with van der Waals surface area (Å²) in [6.07, 6.45) is 3.39. The number of benzene rings is 1. The molecule has 5 amide bonds. The largest absolute Gasteiger partial charge is 0.481 e. The average Bonchev–Trinajstić information content (AvgIpc) is 3.36. The molecule has 47 heavy (non-hydrogen) atoms. The molecule has 0 spiro atoms. The van der Waals surface area contributed by atoms with Crippen LogP contribution in [0.25, 0.3) is 10.9 Å². The van der Waals surface area contributed by atoms with Crippen molar-refractivity contribution < 1.29 is 38.7 Å². The third-order valence-electron chi connectivity index (χ3n) is 7.84. The second-order valence-corrected chi connectivity index (χ2v) is 13.4. The number of hydrogen-bond acceptors (Lipinski definition) is 8. The molecule has 3 rings (SSSR count). The Hall–Kier alpha value is -4.40. The van der Waals surface area contributed by atoms with Gasteiger partial charge in [-0.3, -0.25) is 38.1 Å². The van der Waals surface area contributed by atoms with Gasteiger partial charge in [0.05, 0.1) is 11.9 Å². The molecule has 0 bridgehead atoms. The molecule has 1 aliphatic rings. The molecule has 1 aromatic heterocycles. The zero-order chi connectivity index (χ0) is 34.8. The fourth-order valence-electron chi connectivity index (χ4n) is 5.41. The number of aliphatic carboxylic acids is 1. The molecular formula is C32H44N6O8S. The Morgan fingerprint density at radius 3 is 2.04 bits per heavy atom. The molecule has 0 aliphatic carbocycles. The summed E-state index contributed by atoms with van der Waals surface area (Å²) in [6.45, 7) is 7.17. The van der Waals surface area contributed by atoms with Crippen molar-refractivity contribution >= 4 is 64.6 Å². The smallest absolute Gasteiger partial charge is 0.305 e. The lowest BCUT2D eigenvalue weighted by molar-refractivity contribution is -0.141. The number of carbonyl (C=O) groups excluding carboxylic acids is 6. The van der Waals surface area contributed by atoms with Crippen LogP contribution < -0.4 is 26.6 Å². The van der Waals surface area contributed by atoms with Crippen LogP contribution in [0, 0.1) is 11.8 Å². The average molecular weight is 673 g/mol. The number of thioether (sulfide) groups is 1.